The van der Waals surface area contributed by atoms with Gasteiger partial charge in [0.15, 0.2) is 6.61 Å². The number of sulfone groups is 1. The first-order chi connectivity index (χ1) is 9.52. The van der Waals surface area contributed by atoms with Gasteiger partial charge in [-0.15, -0.1) is 0 Å². The third-order valence-corrected chi connectivity index (χ3v) is 5.25. The molecule has 0 aromatic heterocycles. The second kappa shape index (κ2) is 4.97. The lowest BCUT2D eigenvalue weighted by Crippen LogP contribution is -2.32. The highest BCUT2D eigenvalue weighted by atomic mass is 32.2. The van der Waals surface area contributed by atoms with Gasteiger partial charge in [0.05, 0.1) is 17.2 Å². The van der Waals surface area contributed by atoms with Crippen LogP contribution in [0.5, 0.6) is 5.75 Å². The van der Waals surface area contributed by atoms with Crippen LogP contribution in [0.1, 0.15) is 12.8 Å². The topological polar surface area (TPSA) is 84.5 Å². The Hall–Kier alpha value is -1.76. The molecule has 0 aliphatic carbocycles. The Morgan fingerprint density at radius 2 is 2.00 bits per heavy atom. The van der Waals surface area contributed by atoms with Crippen molar-refractivity contribution in [1.82, 2.24) is 0 Å². The van der Waals surface area contributed by atoms with Crippen LogP contribution < -0.4 is 15.4 Å². The molecule has 0 saturated carbocycles. The maximum atomic E-state index is 11.4. The Kier molecular flexibility index (Phi) is 3.29. The smallest absolute Gasteiger partial charge is 0.262 e. The molecule has 0 atom stereocenters. The van der Waals surface area contributed by atoms with E-state index in [9.17, 15) is 13.2 Å². The van der Waals surface area contributed by atoms with E-state index in [-0.39, 0.29) is 30.1 Å². The van der Waals surface area contributed by atoms with Gasteiger partial charge in [0.1, 0.15) is 15.6 Å². The lowest BCUT2D eigenvalue weighted by molar-refractivity contribution is -0.118. The molecule has 1 saturated heterocycles. The van der Waals surface area contributed by atoms with E-state index < -0.39 is 9.84 Å². The second-order valence-corrected chi connectivity index (χ2v) is 7.42. The normalized spacial score (nSPS) is 21.5. The fourth-order valence-electron chi connectivity index (χ4n) is 2.44. The minimum Gasteiger partial charge on any atom is -0.482 e. The largest absolute Gasteiger partial charge is 0.482 e. The molecule has 0 bridgehead atoms. The van der Waals surface area contributed by atoms with E-state index in [1.54, 1.807) is 6.07 Å². The minimum atomic E-state index is -2.85. The summed E-state index contributed by atoms with van der Waals surface area (Å²) >= 11 is 0. The highest BCUT2D eigenvalue weighted by Crippen LogP contribution is 2.31. The summed E-state index contributed by atoms with van der Waals surface area (Å²) in [6.07, 6.45) is 1.23. The van der Waals surface area contributed by atoms with Crippen molar-refractivity contribution in [3.63, 3.8) is 0 Å². The van der Waals surface area contributed by atoms with Gasteiger partial charge in [0.25, 0.3) is 5.91 Å². The summed E-state index contributed by atoms with van der Waals surface area (Å²) in [5.41, 5.74) is 1.51. The zero-order valence-corrected chi connectivity index (χ0v) is 11.7. The van der Waals surface area contributed by atoms with Crippen LogP contribution in [-0.4, -0.2) is 38.5 Å². The van der Waals surface area contributed by atoms with Gasteiger partial charge >= 0.3 is 0 Å². The van der Waals surface area contributed by atoms with E-state index in [0.717, 1.165) is 5.69 Å². The summed E-state index contributed by atoms with van der Waals surface area (Å²) < 4.78 is 28.1. The third-order valence-electron chi connectivity index (χ3n) is 3.54. The standard InChI is InChI=1S/C13H16N2O4S/c16-13-8-19-12-2-1-10(7-11(12)15-13)14-9-3-5-20(17,18)6-4-9/h1-2,7,9,14H,3-6,8H2,(H,15,16). The number of amides is 1. The number of rotatable bonds is 2. The van der Waals surface area contributed by atoms with Crippen LogP contribution in [0, 0.1) is 0 Å². The highest BCUT2D eigenvalue weighted by Gasteiger charge is 2.24. The molecule has 0 radical (unpaired) electrons. The van der Waals surface area contributed by atoms with Crippen molar-refractivity contribution in [3.8, 4) is 5.75 Å². The molecule has 1 aromatic rings. The molecule has 108 valence electrons. The van der Waals surface area contributed by atoms with Crippen LogP contribution in [0.25, 0.3) is 0 Å². The molecule has 1 fully saturated rings. The lowest BCUT2D eigenvalue weighted by atomic mass is 10.1. The number of hydrogen-bond acceptors (Lipinski definition) is 5. The Balaban J connectivity index is 1.69. The van der Waals surface area contributed by atoms with Gasteiger partial charge in [-0.05, 0) is 31.0 Å². The van der Waals surface area contributed by atoms with Crippen LogP contribution >= 0.6 is 0 Å². The van der Waals surface area contributed by atoms with Gasteiger partial charge in [0, 0.05) is 11.7 Å². The first kappa shape index (κ1) is 13.2. The molecule has 2 heterocycles. The van der Waals surface area contributed by atoms with Crippen LogP contribution in [0.15, 0.2) is 18.2 Å². The monoisotopic (exact) mass is 296 g/mol. The molecule has 1 aromatic carbocycles. The molecule has 1 amide bonds. The molecular formula is C13H16N2O4S. The van der Waals surface area contributed by atoms with Gasteiger partial charge in [-0.25, -0.2) is 8.42 Å². The van der Waals surface area contributed by atoms with Crippen LogP contribution in [0.2, 0.25) is 0 Å². The molecule has 20 heavy (non-hydrogen) atoms. The van der Waals surface area contributed by atoms with Crippen molar-refractivity contribution >= 4 is 27.1 Å². The summed E-state index contributed by atoms with van der Waals surface area (Å²) in [6, 6.07) is 5.64. The zero-order chi connectivity index (χ0) is 14.2. The molecular weight excluding hydrogens is 280 g/mol. The molecule has 3 rings (SSSR count). The van der Waals surface area contributed by atoms with Gasteiger partial charge in [-0.3, -0.25) is 4.79 Å². The van der Waals surface area contributed by atoms with Gasteiger partial charge in [0.2, 0.25) is 0 Å². The van der Waals surface area contributed by atoms with Crippen LogP contribution in [0.3, 0.4) is 0 Å². The Morgan fingerprint density at radius 1 is 1.25 bits per heavy atom. The molecule has 0 unspecified atom stereocenters. The average molecular weight is 296 g/mol. The Morgan fingerprint density at radius 3 is 2.75 bits per heavy atom. The number of anilines is 2. The van der Waals surface area contributed by atoms with Crippen molar-refractivity contribution in [3.05, 3.63) is 18.2 Å². The number of hydrogen-bond donors (Lipinski definition) is 2. The van der Waals surface area contributed by atoms with Crippen molar-refractivity contribution in [2.75, 3.05) is 28.7 Å². The first-order valence-corrected chi connectivity index (χ1v) is 8.38. The molecule has 2 aliphatic heterocycles. The molecule has 0 spiro atoms. The van der Waals surface area contributed by atoms with E-state index in [1.807, 2.05) is 12.1 Å². The van der Waals surface area contributed by atoms with Gasteiger partial charge in [-0.1, -0.05) is 0 Å². The van der Waals surface area contributed by atoms with Crippen molar-refractivity contribution in [1.29, 1.82) is 0 Å². The molecule has 2 N–H and O–H groups in total. The first-order valence-electron chi connectivity index (χ1n) is 6.55. The van der Waals surface area contributed by atoms with Crippen molar-refractivity contribution in [2.24, 2.45) is 0 Å². The second-order valence-electron chi connectivity index (χ2n) is 5.12. The molecule has 6 nitrogen and oxygen atoms in total. The SMILES string of the molecule is O=C1COc2ccc(NC3CCS(=O)(=O)CC3)cc2N1. The molecule has 2 aliphatic rings. The van der Waals surface area contributed by atoms with Crippen molar-refractivity contribution in [2.45, 2.75) is 18.9 Å². The van der Waals surface area contributed by atoms with Gasteiger partial charge in [-0.2, -0.15) is 0 Å². The molecule has 7 heteroatoms. The number of carbonyl (C=O) groups is 1. The zero-order valence-electron chi connectivity index (χ0n) is 10.9. The average Bonchev–Trinajstić information content (AvgIpc) is 2.41. The maximum absolute atomic E-state index is 11.4. The van der Waals surface area contributed by atoms with Crippen LogP contribution in [-0.2, 0) is 14.6 Å². The fourth-order valence-corrected chi connectivity index (χ4v) is 3.93. The third kappa shape index (κ3) is 2.87. The number of ether oxygens (including phenoxy) is 1. The Bertz CT molecular complexity index is 628. The lowest BCUT2D eigenvalue weighted by Gasteiger charge is -2.25. The summed E-state index contributed by atoms with van der Waals surface area (Å²) in [5.74, 6) is 0.949. The van der Waals surface area contributed by atoms with Gasteiger partial charge < -0.3 is 15.4 Å². The van der Waals surface area contributed by atoms with E-state index >= 15 is 0 Å². The van der Waals surface area contributed by atoms with Crippen LogP contribution in [0.4, 0.5) is 11.4 Å². The van der Waals surface area contributed by atoms with E-state index in [2.05, 4.69) is 10.6 Å². The predicted octanol–water partition coefficient (Wildman–Crippen LogP) is 1.01. The predicted molar refractivity (Wildman–Crippen MR) is 75.9 cm³/mol. The fraction of sp³-hybridized carbons (Fsp3) is 0.462. The minimum absolute atomic E-state index is 0.0419. The van der Waals surface area contributed by atoms with E-state index in [1.165, 1.54) is 0 Å². The highest BCUT2D eigenvalue weighted by molar-refractivity contribution is 7.91. The quantitative estimate of drug-likeness (QED) is 0.850. The number of nitrogens with one attached hydrogen (secondary N) is 2. The number of fused-ring (bicyclic) bond motifs is 1. The summed E-state index contributed by atoms with van der Waals surface area (Å²) in [5, 5.41) is 6.06. The van der Waals surface area contributed by atoms with Crippen molar-refractivity contribution < 1.29 is 17.9 Å². The Labute approximate surface area is 117 Å². The maximum Gasteiger partial charge on any atom is 0.262 e. The van der Waals surface area contributed by atoms with E-state index in [4.69, 9.17) is 4.74 Å². The number of carbonyl (C=O) groups excluding carboxylic acids is 1. The van der Waals surface area contributed by atoms with E-state index in [0.29, 0.717) is 24.3 Å². The number of benzene rings is 1. The summed E-state index contributed by atoms with van der Waals surface area (Å²) in [7, 11) is -2.85. The summed E-state index contributed by atoms with van der Waals surface area (Å²) in [4.78, 5) is 11.3. The summed E-state index contributed by atoms with van der Waals surface area (Å²) in [6.45, 7) is 0.0419.